The van der Waals surface area contributed by atoms with Gasteiger partial charge < -0.3 is 24.0 Å². The van der Waals surface area contributed by atoms with Gasteiger partial charge in [0.2, 0.25) is 0 Å². The molecule has 0 fully saturated rings. The largest absolute Gasteiger partial charge is 0.652 e. The predicted molar refractivity (Wildman–Crippen MR) is 106 cm³/mol. The predicted octanol–water partition coefficient (Wildman–Crippen LogP) is 2.51. The van der Waals surface area contributed by atoms with Crippen LogP contribution >= 0.6 is 0 Å². The van der Waals surface area contributed by atoms with Gasteiger partial charge in [-0.05, 0) is 68.5 Å². The minimum atomic E-state index is -2.33. The first-order chi connectivity index (χ1) is 11.6. The van der Waals surface area contributed by atoms with Gasteiger partial charge >= 0.3 is 0 Å². The molecular formula is C20H46N2O3. The number of carbonyl (C=O) groups is 1. The monoisotopic (exact) mass is 362 g/mol. The van der Waals surface area contributed by atoms with Crippen LogP contribution in [-0.2, 0) is 0 Å². The second-order valence-electron chi connectivity index (χ2n) is 5.87. The Bertz CT molecular complexity index is 228. The van der Waals surface area contributed by atoms with E-state index in [1.807, 2.05) is 6.92 Å². The SMILES string of the molecule is C=CC.CC[N+](CC)(CC)CC.CC[N+](CC)(CC)CC.O=C([O-])[O-]. The number of hydrogen-bond acceptors (Lipinski definition) is 3. The summed E-state index contributed by atoms with van der Waals surface area (Å²) in [5.74, 6) is 0. The summed E-state index contributed by atoms with van der Waals surface area (Å²) in [6.07, 6.45) is -0.583. The van der Waals surface area contributed by atoms with Gasteiger partial charge in [-0.3, -0.25) is 0 Å². The summed E-state index contributed by atoms with van der Waals surface area (Å²) in [5, 5.41) is 16.7. The van der Waals surface area contributed by atoms with Crippen molar-refractivity contribution in [3.05, 3.63) is 12.7 Å². The maximum absolute atomic E-state index is 8.33. The van der Waals surface area contributed by atoms with Gasteiger partial charge in [0.25, 0.3) is 0 Å². The highest BCUT2D eigenvalue weighted by Gasteiger charge is 2.16. The third kappa shape index (κ3) is 19.1. The smallest absolute Gasteiger partial charge is 0.0757 e. The van der Waals surface area contributed by atoms with Crippen LogP contribution in [0.1, 0.15) is 62.3 Å². The lowest BCUT2D eigenvalue weighted by Gasteiger charge is -2.34. The van der Waals surface area contributed by atoms with Crippen LogP contribution in [0.2, 0.25) is 0 Å². The van der Waals surface area contributed by atoms with Crippen LogP contribution in [0, 0.1) is 0 Å². The molecule has 5 heteroatoms. The van der Waals surface area contributed by atoms with Crippen molar-refractivity contribution in [1.82, 2.24) is 0 Å². The Morgan fingerprint density at radius 1 is 0.680 bits per heavy atom. The molecule has 0 aliphatic carbocycles. The van der Waals surface area contributed by atoms with Crippen molar-refractivity contribution < 1.29 is 24.0 Å². The second kappa shape index (κ2) is 21.0. The summed E-state index contributed by atoms with van der Waals surface area (Å²) in [5.41, 5.74) is 0. The first-order valence-corrected chi connectivity index (χ1v) is 9.78. The van der Waals surface area contributed by atoms with Crippen molar-refractivity contribution in [1.29, 1.82) is 0 Å². The van der Waals surface area contributed by atoms with Crippen molar-refractivity contribution in [2.75, 3.05) is 52.4 Å². The fraction of sp³-hybridized carbons (Fsp3) is 0.850. The Balaban J connectivity index is -0.000000130. The molecule has 0 rings (SSSR count). The molecule has 0 unspecified atom stereocenters. The van der Waals surface area contributed by atoms with E-state index in [1.54, 1.807) is 6.08 Å². The number of rotatable bonds is 8. The van der Waals surface area contributed by atoms with E-state index in [1.165, 1.54) is 61.3 Å². The van der Waals surface area contributed by atoms with Gasteiger partial charge in [-0.25, -0.2) is 0 Å². The Morgan fingerprint density at radius 2 is 0.760 bits per heavy atom. The Hall–Kier alpha value is -1.07. The third-order valence-electron chi connectivity index (χ3n) is 5.37. The minimum absolute atomic E-state index is 1.28. The second-order valence-corrected chi connectivity index (χ2v) is 5.87. The number of nitrogens with zero attached hydrogens (tertiary/aromatic N) is 2. The fourth-order valence-electron chi connectivity index (χ4n) is 2.68. The first kappa shape index (κ1) is 31.7. The van der Waals surface area contributed by atoms with Gasteiger partial charge in [0, 0.05) is 0 Å². The summed E-state index contributed by atoms with van der Waals surface area (Å²) >= 11 is 0. The Labute approximate surface area is 158 Å². The highest BCUT2D eigenvalue weighted by Crippen LogP contribution is 2.03. The topological polar surface area (TPSA) is 63.2 Å². The highest BCUT2D eigenvalue weighted by molar-refractivity contribution is 5.47. The minimum Gasteiger partial charge on any atom is -0.652 e. The fourth-order valence-corrected chi connectivity index (χ4v) is 2.68. The molecule has 5 nitrogen and oxygen atoms in total. The number of carbonyl (C=O) groups excluding carboxylic acids is 1. The molecule has 0 bridgehead atoms. The molecule has 0 aromatic heterocycles. The highest BCUT2D eigenvalue weighted by atomic mass is 16.6. The summed E-state index contributed by atoms with van der Waals surface area (Å²) in [4.78, 5) is 8.33. The maximum Gasteiger partial charge on any atom is 0.0757 e. The van der Waals surface area contributed by atoms with Gasteiger partial charge in [0.15, 0.2) is 0 Å². The van der Waals surface area contributed by atoms with Gasteiger partial charge in [-0.15, -0.1) is 6.58 Å². The molecule has 0 aliphatic heterocycles. The van der Waals surface area contributed by atoms with Crippen LogP contribution in [0.15, 0.2) is 12.7 Å². The van der Waals surface area contributed by atoms with Gasteiger partial charge in [-0.1, -0.05) is 6.08 Å². The van der Waals surface area contributed by atoms with E-state index in [0.29, 0.717) is 0 Å². The van der Waals surface area contributed by atoms with Crippen molar-refractivity contribution in [3.8, 4) is 0 Å². The number of allylic oxidation sites excluding steroid dienone is 1. The zero-order valence-corrected chi connectivity index (χ0v) is 18.6. The van der Waals surface area contributed by atoms with Crippen LogP contribution in [0.25, 0.3) is 0 Å². The van der Waals surface area contributed by atoms with Crippen LogP contribution in [0.3, 0.4) is 0 Å². The molecule has 25 heavy (non-hydrogen) atoms. The normalized spacial score (nSPS) is 10.1. The summed E-state index contributed by atoms with van der Waals surface area (Å²) in [6, 6.07) is 0. The quantitative estimate of drug-likeness (QED) is 0.492. The van der Waals surface area contributed by atoms with E-state index >= 15 is 0 Å². The van der Waals surface area contributed by atoms with Crippen molar-refractivity contribution >= 4 is 6.16 Å². The summed E-state index contributed by atoms with van der Waals surface area (Å²) in [6.45, 7) is 33.7. The average Bonchev–Trinajstić information content (AvgIpc) is 2.61. The zero-order valence-electron chi connectivity index (χ0n) is 18.6. The molecule has 0 spiro atoms. The van der Waals surface area contributed by atoms with E-state index in [4.69, 9.17) is 15.0 Å². The Kier molecular flexibility index (Phi) is 26.6. The van der Waals surface area contributed by atoms with E-state index in [9.17, 15) is 0 Å². The molecule has 154 valence electrons. The number of hydrogen-bond donors (Lipinski definition) is 0. The van der Waals surface area contributed by atoms with E-state index in [0.717, 1.165) is 0 Å². The van der Waals surface area contributed by atoms with Crippen LogP contribution in [0.4, 0.5) is 4.79 Å². The molecule has 0 aromatic rings. The van der Waals surface area contributed by atoms with Gasteiger partial charge in [-0.2, -0.15) is 0 Å². The van der Waals surface area contributed by atoms with Crippen molar-refractivity contribution in [2.24, 2.45) is 0 Å². The lowest BCUT2D eigenvalue weighted by Crippen LogP contribution is -2.47. The maximum atomic E-state index is 8.33. The summed E-state index contributed by atoms with van der Waals surface area (Å²) < 4.78 is 2.56. The van der Waals surface area contributed by atoms with Gasteiger partial charge in [0.1, 0.15) is 0 Å². The molecule has 0 amide bonds. The molecule has 0 saturated heterocycles. The molecule has 0 aromatic carbocycles. The van der Waals surface area contributed by atoms with Crippen molar-refractivity contribution in [3.63, 3.8) is 0 Å². The zero-order chi connectivity index (χ0) is 20.9. The van der Waals surface area contributed by atoms with E-state index in [2.05, 4.69) is 62.0 Å². The molecular weight excluding hydrogens is 316 g/mol. The van der Waals surface area contributed by atoms with Crippen LogP contribution in [-0.4, -0.2) is 67.5 Å². The van der Waals surface area contributed by atoms with E-state index < -0.39 is 6.16 Å². The van der Waals surface area contributed by atoms with Crippen LogP contribution in [0.5, 0.6) is 0 Å². The average molecular weight is 363 g/mol. The molecule has 0 heterocycles. The number of quaternary nitrogens is 2. The van der Waals surface area contributed by atoms with Gasteiger partial charge in [0.05, 0.1) is 52.4 Å². The molecule has 0 aliphatic rings. The lowest BCUT2D eigenvalue weighted by molar-refractivity contribution is -0.921. The standard InChI is InChI=1S/2C8H20N.C3H6.CH2O3/c2*1-5-9(6-2,7-3)8-4;1-3-2;2-1(3)4/h2*5-8H2,1-4H3;3H,1H2,2H3;(H2,2,3,4)/q2*+1;;/p-2. The third-order valence-corrected chi connectivity index (χ3v) is 5.37. The number of carboxylic acid groups (broad SMARTS) is 2. The lowest BCUT2D eigenvalue weighted by atomic mass is 10.3. The molecule has 0 radical (unpaired) electrons. The molecule has 0 atom stereocenters. The van der Waals surface area contributed by atoms with E-state index in [-0.39, 0.29) is 0 Å². The molecule has 0 saturated carbocycles. The Morgan fingerprint density at radius 3 is 0.760 bits per heavy atom. The van der Waals surface area contributed by atoms with Crippen molar-refractivity contribution in [2.45, 2.75) is 62.3 Å². The molecule has 0 N–H and O–H groups in total. The van der Waals surface area contributed by atoms with Crippen LogP contribution < -0.4 is 10.2 Å². The first-order valence-electron chi connectivity index (χ1n) is 9.78. The summed E-state index contributed by atoms with van der Waals surface area (Å²) in [7, 11) is 0.